The molecule has 28 heavy (non-hydrogen) atoms. The molecule has 0 bridgehead atoms. The first-order valence-corrected chi connectivity index (χ1v) is 8.54. The van der Waals surface area contributed by atoms with Crippen LogP contribution in [0, 0.1) is 10.1 Å². The lowest BCUT2D eigenvalue weighted by Gasteiger charge is -2.32. The number of non-ortho nitro benzene ring substituents is 1. The summed E-state index contributed by atoms with van der Waals surface area (Å²) < 4.78 is 41.4. The highest BCUT2D eigenvalue weighted by Crippen LogP contribution is 2.42. The number of amides is 1. The second-order valence-corrected chi connectivity index (χ2v) is 6.88. The number of benzene rings is 2. The molecule has 1 aliphatic rings. The standard InChI is InChI=1S/C17H11BrF3N3O4/c18-12-5-1-10(2-6-12)14-9-16(26,17(19,20)21)23(22-14)15(25)11-3-7-13(8-4-11)24(27)28/h1-8,26H,9H2. The van der Waals surface area contributed by atoms with Crippen LogP contribution in [0.5, 0.6) is 0 Å². The molecule has 1 heterocycles. The largest absolute Gasteiger partial charge is 0.438 e. The van der Waals surface area contributed by atoms with Crippen LogP contribution in [0.2, 0.25) is 0 Å². The quantitative estimate of drug-likeness (QED) is 0.558. The fraction of sp³-hybridized carbons (Fsp3) is 0.176. The third-order valence-corrected chi connectivity index (χ3v) is 4.66. The van der Waals surface area contributed by atoms with E-state index in [2.05, 4.69) is 21.0 Å². The van der Waals surface area contributed by atoms with Gasteiger partial charge in [0.1, 0.15) is 0 Å². The number of rotatable bonds is 3. The Balaban J connectivity index is 2.01. The maximum Gasteiger partial charge on any atom is 0.438 e. The van der Waals surface area contributed by atoms with Crippen LogP contribution in [0.3, 0.4) is 0 Å². The van der Waals surface area contributed by atoms with Gasteiger partial charge in [-0.15, -0.1) is 0 Å². The van der Waals surface area contributed by atoms with Gasteiger partial charge in [0.2, 0.25) is 0 Å². The number of aliphatic hydroxyl groups is 1. The van der Waals surface area contributed by atoms with Crippen LogP contribution in [-0.2, 0) is 0 Å². The smallest absolute Gasteiger partial charge is 0.362 e. The molecule has 146 valence electrons. The summed E-state index contributed by atoms with van der Waals surface area (Å²) in [5.74, 6) is -1.23. The van der Waals surface area contributed by atoms with Crippen molar-refractivity contribution in [2.75, 3.05) is 0 Å². The van der Waals surface area contributed by atoms with E-state index in [1.165, 1.54) is 12.1 Å². The van der Waals surface area contributed by atoms with Crippen molar-refractivity contribution in [3.8, 4) is 0 Å². The molecular formula is C17H11BrF3N3O4. The average molecular weight is 458 g/mol. The molecule has 0 aromatic heterocycles. The lowest BCUT2D eigenvalue weighted by atomic mass is 10.0. The zero-order valence-corrected chi connectivity index (χ0v) is 15.4. The van der Waals surface area contributed by atoms with Crippen molar-refractivity contribution in [2.24, 2.45) is 5.10 Å². The van der Waals surface area contributed by atoms with Crippen LogP contribution >= 0.6 is 15.9 Å². The number of halogens is 4. The molecular weight excluding hydrogens is 447 g/mol. The number of nitro groups is 1. The number of nitrogens with zero attached hydrogens (tertiary/aromatic N) is 3. The highest BCUT2D eigenvalue weighted by Gasteiger charge is 2.63. The Morgan fingerprint density at radius 3 is 2.25 bits per heavy atom. The predicted molar refractivity (Wildman–Crippen MR) is 95.6 cm³/mol. The van der Waals surface area contributed by atoms with Gasteiger partial charge in [-0.25, -0.2) is 0 Å². The SMILES string of the molecule is O=C(c1ccc([N+](=O)[O-])cc1)N1N=C(c2ccc(Br)cc2)CC1(O)C(F)(F)F. The molecule has 0 aliphatic carbocycles. The van der Waals surface area contributed by atoms with Gasteiger partial charge in [-0.3, -0.25) is 14.9 Å². The summed E-state index contributed by atoms with van der Waals surface area (Å²) in [7, 11) is 0. The van der Waals surface area contributed by atoms with Crippen LogP contribution in [0.25, 0.3) is 0 Å². The molecule has 2 aromatic carbocycles. The van der Waals surface area contributed by atoms with Crippen molar-refractivity contribution in [2.45, 2.75) is 18.3 Å². The maximum absolute atomic E-state index is 13.6. The molecule has 0 saturated heterocycles. The zero-order chi connectivity index (χ0) is 20.7. The second-order valence-electron chi connectivity index (χ2n) is 5.97. The topological polar surface area (TPSA) is 96.0 Å². The lowest BCUT2D eigenvalue weighted by molar-refractivity contribution is -0.384. The Bertz CT molecular complexity index is 961. The van der Waals surface area contributed by atoms with E-state index in [4.69, 9.17) is 0 Å². The van der Waals surface area contributed by atoms with Gasteiger partial charge in [0, 0.05) is 22.2 Å². The molecule has 1 N–H and O–H groups in total. The predicted octanol–water partition coefficient (Wildman–Crippen LogP) is 3.86. The van der Waals surface area contributed by atoms with E-state index in [1.54, 1.807) is 12.1 Å². The normalized spacial score (nSPS) is 19.5. The van der Waals surface area contributed by atoms with E-state index < -0.39 is 29.2 Å². The molecule has 1 atom stereocenters. The fourth-order valence-electron chi connectivity index (χ4n) is 2.63. The molecule has 0 saturated carbocycles. The van der Waals surface area contributed by atoms with Gasteiger partial charge in [-0.2, -0.15) is 23.3 Å². The van der Waals surface area contributed by atoms with Crippen LogP contribution < -0.4 is 0 Å². The zero-order valence-electron chi connectivity index (χ0n) is 13.9. The number of hydrogen-bond acceptors (Lipinski definition) is 5. The minimum absolute atomic E-state index is 0.0223. The number of alkyl halides is 3. The molecule has 1 unspecified atom stereocenters. The molecule has 0 fully saturated rings. The van der Waals surface area contributed by atoms with E-state index in [0.717, 1.165) is 24.3 Å². The van der Waals surface area contributed by atoms with Gasteiger partial charge in [-0.05, 0) is 29.8 Å². The van der Waals surface area contributed by atoms with Crippen LogP contribution in [0.15, 0.2) is 58.1 Å². The Morgan fingerprint density at radius 2 is 1.75 bits per heavy atom. The number of carbonyl (C=O) groups excluding carboxylic acids is 1. The summed E-state index contributed by atoms with van der Waals surface area (Å²) in [6.07, 6.45) is -6.12. The van der Waals surface area contributed by atoms with Gasteiger partial charge in [0.25, 0.3) is 17.3 Å². The number of hydrogen-bond donors (Lipinski definition) is 1. The van der Waals surface area contributed by atoms with E-state index in [1.807, 2.05) is 0 Å². The van der Waals surface area contributed by atoms with Crippen molar-refractivity contribution < 1.29 is 28.0 Å². The van der Waals surface area contributed by atoms with Crippen molar-refractivity contribution in [1.82, 2.24) is 5.01 Å². The highest BCUT2D eigenvalue weighted by atomic mass is 79.9. The monoisotopic (exact) mass is 457 g/mol. The molecule has 11 heteroatoms. The van der Waals surface area contributed by atoms with Crippen molar-refractivity contribution in [1.29, 1.82) is 0 Å². The Hall–Kier alpha value is -2.79. The average Bonchev–Trinajstić information content (AvgIpc) is 3.00. The Morgan fingerprint density at radius 1 is 1.18 bits per heavy atom. The summed E-state index contributed by atoms with van der Waals surface area (Å²) in [4.78, 5) is 22.6. The first kappa shape index (κ1) is 20.0. The first-order chi connectivity index (χ1) is 13.0. The van der Waals surface area contributed by atoms with Gasteiger partial charge >= 0.3 is 6.18 Å². The van der Waals surface area contributed by atoms with E-state index in [0.29, 0.717) is 10.0 Å². The first-order valence-electron chi connectivity index (χ1n) is 7.74. The number of nitro benzene ring substituents is 1. The maximum atomic E-state index is 13.6. The Kier molecular flexibility index (Phi) is 4.98. The van der Waals surface area contributed by atoms with Gasteiger partial charge in [-0.1, -0.05) is 28.1 Å². The summed E-state index contributed by atoms with van der Waals surface area (Å²) in [5, 5.41) is 24.7. The molecule has 2 aromatic rings. The number of hydrazone groups is 1. The highest BCUT2D eigenvalue weighted by molar-refractivity contribution is 9.10. The minimum atomic E-state index is -5.18. The van der Waals surface area contributed by atoms with E-state index in [-0.39, 0.29) is 22.0 Å². The molecule has 0 spiro atoms. The van der Waals surface area contributed by atoms with Crippen LogP contribution in [0.4, 0.5) is 18.9 Å². The van der Waals surface area contributed by atoms with Crippen molar-refractivity contribution in [3.05, 3.63) is 74.2 Å². The summed E-state index contributed by atoms with van der Waals surface area (Å²) in [6, 6.07) is 10.1. The summed E-state index contributed by atoms with van der Waals surface area (Å²) in [5.41, 5.74) is -3.96. The molecule has 1 amide bonds. The van der Waals surface area contributed by atoms with Gasteiger partial charge in [0.05, 0.1) is 17.1 Å². The molecule has 0 radical (unpaired) electrons. The number of carbonyl (C=O) groups is 1. The molecule has 1 aliphatic heterocycles. The molecule has 7 nitrogen and oxygen atoms in total. The minimum Gasteiger partial charge on any atom is -0.362 e. The second kappa shape index (κ2) is 6.99. The van der Waals surface area contributed by atoms with Crippen molar-refractivity contribution >= 4 is 33.2 Å². The van der Waals surface area contributed by atoms with E-state index >= 15 is 0 Å². The lowest BCUT2D eigenvalue weighted by Crippen LogP contribution is -2.56. The Labute approximate surface area is 164 Å². The third kappa shape index (κ3) is 3.50. The van der Waals surface area contributed by atoms with Gasteiger partial charge in [0.15, 0.2) is 0 Å². The summed E-state index contributed by atoms with van der Waals surface area (Å²) in [6.45, 7) is 0. The summed E-state index contributed by atoms with van der Waals surface area (Å²) >= 11 is 3.21. The van der Waals surface area contributed by atoms with Crippen molar-refractivity contribution in [3.63, 3.8) is 0 Å². The van der Waals surface area contributed by atoms with Crippen LogP contribution in [-0.4, -0.2) is 38.6 Å². The third-order valence-electron chi connectivity index (χ3n) is 4.13. The van der Waals surface area contributed by atoms with Crippen LogP contribution in [0.1, 0.15) is 22.3 Å². The van der Waals surface area contributed by atoms with Gasteiger partial charge < -0.3 is 5.11 Å². The fourth-order valence-corrected chi connectivity index (χ4v) is 2.90. The van der Waals surface area contributed by atoms with E-state index in [9.17, 15) is 33.2 Å². The molecule has 3 rings (SSSR count).